The highest BCUT2D eigenvalue weighted by atomic mass is 16.6. The number of rotatable bonds is 4. The predicted molar refractivity (Wildman–Crippen MR) is 125 cm³/mol. The van der Waals surface area contributed by atoms with E-state index in [0.717, 1.165) is 24.2 Å². The quantitative estimate of drug-likeness (QED) is 0.586. The summed E-state index contributed by atoms with van der Waals surface area (Å²) in [6, 6.07) is 20.8. The number of nitrogens with zero attached hydrogens (tertiary/aromatic N) is 2. The van der Waals surface area contributed by atoms with Crippen LogP contribution >= 0.6 is 0 Å². The van der Waals surface area contributed by atoms with E-state index in [-0.39, 0.29) is 35.5 Å². The molecule has 5 fully saturated rings. The number of allylic oxidation sites excluding steroid dienone is 1. The maximum absolute atomic E-state index is 13.4. The van der Waals surface area contributed by atoms with E-state index in [0.29, 0.717) is 19.7 Å². The van der Waals surface area contributed by atoms with Crippen LogP contribution in [-0.2, 0) is 22.6 Å². The first-order valence-corrected chi connectivity index (χ1v) is 12.0. The molecule has 5 heteroatoms. The highest BCUT2D eigenvalue weighted by molar-refractivity contribution is 6.00. The second-order valence-corrected chi connectivity index (χ2v) is 10.4. The number of epoxide rings is 1. The maximum atomic E-state index is 13.4. The normalized spacial score (nSPS) is 41.7. The fourth-order valence-corrected chi connectivity index (χ4v) is 7.27. The van der Waals surface area contributed by atoms with E-state index in [2.05, 4.69) is 53.5 Å². The van der Waals surface area contributed by atoms with Crippen LogP contribution in [0.15, 0.2) is 77.8 Å². The molecule has 0 radical (unpaired) electrons. The summed E-state index contributed by atoms with van der Waals surface area (Å²) in [6.45, 7) is 2.40. The highest BCUT2D eigenvalue weighted by Crippen LogP contribution is 2.63. The Morgan fingerprint density at radius 2 is 1.73 bits per heavy atom. The van der Waals surface area contributed by atoms with Gasteiger partial charge in [-0.25, -0.2) is 0 Å². The molecule has 0 amide bonds. The van der Waals surface area contributed by atoms with Crippen LogP contribution in [0.1, 0.15) is 17.5 Å². The monoisotopic (exact) mass is 440 g/mol. The van der Waals surface area contributed by atoms with E-state index in [4.69, 9.17) is 9.73 Å². The van der Waals surface area contributed by atoms with E-state index < -0.39 is 11.2 Å². The summed E-state index contributed by atoms with van der Waals surface area (Å²) in [5.41, 5.74) is 1.55. The summed E-state index contributed by atoms with van der Waals surface area (Å²) in [7, 11) is 0. The number of hydrogen-bond donors (Lipinski definition) is 1. The van der Waals surface area contributed by atoms with Gasteiger partial charge in [0.2, 0.25) is 0 Å². The molecular formula is C28H28N2O3. The van der Waals surface area contributed by atoms with Gasteiger partial charge in [0.25, 0.3) is 0 Å². The Hall–Kier alpha value is -2.60. The minimum atomic E-state index is -1.05. The first-order chi connectivity index (χ1) is 16.1. The molecule has 3 heterocycles. The van der Waals surface area contributed by atoms with Gasteiger partial charge in [-0.15, -0.1) is 0 Å². The van der Waals surface area contributed by atoms with Crippen LogP contribution in [-0.4, -0.2) is 51.9 Å². The Morgan fingerprint density at radius 3 is 2.42 bits per heavy atom. The Morgan fingerprint density at radius 1 is 1.03 bits per heavy atom. The second-order valence-electron chi connectivity index (χ2n) is 10.4. The zero-order chi connectivity index (χ0) is 22.2. The van der Waals surface area contributed by atoms with Crippen LogP contribution < -0.4 is 0 Å². The molecule has 3 aliphatic heterocycles. The van der Waals surface area contributed by atoms with Crippen molar-refractivity contribution in [2.24, 2.45) is 28.7 Å². The highest BCUT2D eigenvalue weighted by Gasteiger charge is 2.75. The van der Waals surface area contributed by atoms with Crippen molar-refractivity contribution in [3.63, 3.8) is 0 Å². The van der Waals surface area contributed by atoms with Gasteiger partial charge in [-0.2, -0.15) is 0 Å². The van der Waals surface area contributed by atoms with Gasteiger partial charge in [0.15, 0.2) is 11.4 Å². The van der Waals surface area contributed by atoms with Gasteiger partial charge in [0.05, 0.1) is 13.2 Å². The number of ether oxygens (including phenoxy) is 1. The molecular weight excluding hydrogens is 412 g/mol. The number of Topliss-reactive ketones (excluding diaryl/α,β-unsaturated/α-hetero) is 1. The molecule has 2 aromatic rings. The van der Waals surface area contributed by atoms with Gasteiger partial charge in [-0.3, -0.25) is 14.7 Å². The number of aliphatic hydroxyl groups is 1. The smallest absolute Gasteiger partial charge is 0.174 e. The summed E-state index contributed by atoms with van der Waals surface area (Å²) in [6.07, 6.45) is 4.98. The van der Waals surface area contributed by atoms with Gasteiger partial charge in [-0.1, -0.05) is 72.8 Å². The lowest BCUT2D eigenvalue weighted by atomic mass is 9.45. The Balaban J connectivity index is 1.28. The van der Waals surface area contributed by atoms with E-state index >= 15 is 0 Å². The van der Waals surface area contributed by atoms with E-state index in [1.807, 2.05) is 24.3 Å². The van der Waals surface area contributed by atoms with Crippen molar-refractivity contribution >= 4 is 11.5 Å². The zero-order valence-electron chi connectivity index (χ0n) is 18.5. The standard InChI is InChI=1S/C28H28N2O3/c31-26-20-11-12-21(28(26)17-33-28)25-24(20)22-13-23(29-14-18-7-3-1-4-8-18)27(25,32)16-30(22)15-19-9-5-2-6-10-19/h1-12,20-22,24-25,32H,13-17H2/t20?,21?,22?,24?,25?,27-,28+/m1/s1. The number of aliphatic imine (C=N–C) groups is 1. The molecule has 1 N–H and O–H groups in total. The number of carbonyl (C=O) groups is 1. The third-order valence-electron chi connectivity index (χ3n) is 8.79. The van der Waals surface area contributed by atoms with Crippen molar-refractivity contribution in [3.05, 3.63) is 83.9 Å². The average Bonchev–Trinajstić information content (AvgIpc) is 3.64. The SMILES string of the molecule is O=C1C2C=CC(C3C2C2CC(=NCc4ccccc4)[C@]3(O)CN2Cc2ccccc2)[C@@]12CO2. The molecule has 5 unspecified atom stereocenters. The van der Waals surface area contributed by atoms with Crippen molar-refractivity contribution in [1.29, 1.82) is 0 Å². The van der Waals surface area contributed by atoms with Crippen molar-refractivity contribution in [1.82, 2.24) is 4.90 Å². The minimum absolute atomic E-state index is 0.0204. The molecule has 2 saturated carbocycles. The van der Waals surface area contributed by atoms with Crippen molar-refractivity contribution in [3.8, 4) is 0 Å². The van der Waals surface area contributed by atoms with Gasteiger partial charge in [-0.05, 0) is 17.0 Å². The van der Waals surface area contributed by atoms with Crippen LogP contribution in [0.25, 0.3) is 0 Å². The number of piperidine rings is 2. The van der Waals surface area contributed by atoms with E-state index in [1.54, 1.807) is 0 Å². The van der Waals surface area contributed by atoms with Crippen LogP contribution in [0, 0.1) is 23.7 Å². The first-order valence-electron chi connectivity index (χ1n) is 12.0. The van der Waals surface area contributed by atoms with Gasteiger partial charge >= 0.3 is 0 Å². The summed E-state index contributed by atoms with van der Waals surface area (Å²) in [4.78, 5) is 20.8. The Kier molecular flexibility index (Phi) is 4.18. The number of fused-ring (bicyclic) bond motifs is 2. The fourth-order valence-electron chi connectivity index (χ4n) is 7.27. The van der Waals surface area contributed by atoms with Crippen LogP contribution in [0.5, 0.6) is 0 Å². The van der Waals surface area contributed by atoms with Gasteiger partial charge < -0.3 is 9.84 Å². The summed E-state index contributed by atoms with van der Waals surface area (Å²) in [5, 5.41) is 12.4. The zero-order valence-corrected chi connectivity index (χ0v) is 18.5. The third-order valence-corrected chi connectivity index (χ3v) is 8.79. The minimum Gasteiger partial charge on any atom is -0.382 e. The van der Waals surface area contributed by atoms with Crippen molar-refractivity contribution in [2.45, 2.75) is 36.8 Å². The molecule has 7 atom stereocenters. The molecule has 1 spiro atoms. The molecule has 4 bridgehead atoms. The lowest BCUT2D eigenvalue weighted by molar-refractivity contribution is -0.175. The summed E-state index contributed by atoms with van der Waals surface area (Å²) in [5.74, 6) is 0.0881. The molecule has 7 aliphatic rings. The summed E-state index contributed by atoms with van der Waals surface area (Å²) >= 11 is 0. The van der Waals surface area contributed by atoms with Crippen LogP contribution in [0.2, 0.25) is 0 Å². The Labute approximate surface area is 193 Å². The molecule has 2 aromatic carbocycles. The molecule has 3 saturated heterocycles. The molecule has 5 nitrogen and oxygen atoms in total. The molecule has 9 rings (SSSR count). The van der Waals surface area contributed by atoms with Crippen LogP contribution in [0.4, 0.5) is 0 Å². The van der Waals surface area contributed by atoms with E-state index in [1.165, 1.54) is 5.56 Å². The number of carbonyl (C=O) groups excluding carboxylic acids is 1. The number of ketones is 1. The molecule has 0 aromatic heterocycles. The molecule has 33 heavy (non-hydrogen) atoms. The number of hydrogen-bond acceptors (Lipinski definition) is 5. The van der Waals surface area contributed by atoms with Crippen molar-refractivity contribution < 1.29 is 14.6 Å². The van der Waals surface area contributed by atoms with Crippen molar-refractivity contribution in [2.75, 3.05) is 13.2 Å². The lowest BCUT2D eigenvalue weighted by Gasteiger charge is -2.65. The predicted octanol–water partition coefficient (Wildman–Crippen LogP) is 3.03. The summed E-state index contributed by atoms with van der Waals surface area (Å²) < 4.78 is 5.81. The van der Waals surface area contributed by atoms with Gasteiger partial charge in [0.1, 0.15) is 5.60 Å². The Bertz CT molecular complexity index is 1160. The molecule has 4 aliphatic carbocycles. The van der Waals surface area contributed by atoms with E-state index in [9.17, 15) is 9.90 Å². The van der Waals surface area contributed by atoms with Gasteiger partial charge in [0, 0.05) is 49.0 Å². The largest absolute Gasteiger partial charge is 0.382 e. The second kappa shape index (κ2) is 6.95. The van der Waals surface area contributed by atoms with Crippen LogP contribution in [0.3, 0.4) is 0 Å². The topological polar surface area (TPSA) is 65.4 Å². The average molecular weight is 441 g/mol. The third kappa shape index (κ3) is 2.76. The lowest BCUT2D eigenvalue weighted by Crippen LogP contribution is -2.77. The number of benzene rings is 2. The fraction of sp³-hybridized carbons (Fsp3) is 0.429. The first kappa shape index (κ1) is 19.8. The molecule has 168 valence electrons. The maximum Gasteiger partial charge on any atom is 0.174 e.